The Balaban J connectivity index is 1.81. The lowest BCUT2D eigenvalue weighted by molar-refractivity contribution is -0.131. The first-order chi connectivity index (χ1) is 9.16. The molecule has 0 saturated carbocycles. The summed E-state index contributed by atoms with van der Waals surface area (Å²) in [6.07, 6.45) is 5.34. The minimum absolute atomic E-state index is 0.0984. The summed E-state index contributed by atoms with van der Waals surface area (Å²) in [6, 6.07) is 3.81. The largest absolute Gasteiger partial charge is 0.343 e. The first-order valence-electron chi connectivity index (χ1n) is 7.04. The zero-order valence-corrected chi connectivity index (χ0v) is 12.3. The fourth-order valence-electron chi connectivity index (χ4n) is 2.41. The summed E-state index contributed by atoms with van der Waals surface area (Å²) in [5, 5.41) is 0. The van der Waals surface area contributed by atoms with Crippen molar-refractivity contribution in [3.8, 4) is 0 Å². The maximum atomic E-state index is 12.1. The summed E-state index contributed by atoms with van der Waals surface area (Å²) in [7, 11) is 0. The van der Waals surface area contributed by atoms with Crippen LogP contribution < -0.4 is 0 Å². The molecular weight excluding hydrogens is 258 g/mol. The maximum Gasteiger partial charge on any atom is 0.223 e. The van der Waals surface area contributed by atoms with Gasteiger partial charge in [-0.15, -0.1) is 11.3 Å². The van der Waals surface area contributed by atoms with Crippen molar-refractivity contribution in [1.29, 1.82) is 0 Å². The fourth-order valence-corrected chi connectivity index (χ4v) is 3.24. The molecule has 2 rings (SSSR count). The maximum absolute atomic E-state index is 12.1. The number of rotatable bonds is 4. The summed E-state index contributed by atoms with van der Waals surface area (Å²) < 4.78 is 0. The van der Waals surface area contributed by atoms with E-state index in [1.54, 1.807) is 0 Å². The number of carbonyl (C=O) groups excluding carboxylic acids is 2. The first kappa shape index (κ1) is 14.3. The van der Waals surface area contributed by atoms with Crippen molar-refractivity contribution < 1.29 is 9.59 Å². The van der Waals surface area contributed by atoms with E-state index in [4.69, 9.17) is 0 Å². The average molecular weight is 279 g/mol. The molecule has 19 heavy (non-hydrogen) atoms. The van der Waals surface area contributed by atoms with E-state index >= 15 is 0 Å². The highest BCUT2D eigenvalue weighted by Gasteiger charge is 2.17. The van der Waals surface area contributed by atoms with Gasteiger partial charge in [-0.05, 0) is 31.9 Å². The number of hydrogen-bond donors (Lipinski definition) is 0. The molecule has 0 N–H and O–H groups in total. The quantitative estimate of drug-likeness (QED) is 0.792. The minimum atomic E-state index is 0.0984. The number of likely N-dealkylation sites (tertiary alicyclic amines) is 1. The van der Waals surface area contributed by atoms with Crippen LogP contribution in [0, 0.1) is 6.92 Å². The molecule has 2 heterocycles. The van der Waals surface area contributed by atoms with Crippen molar-refractivity contribution in [1.82, 2.24) is 4.90 Å². The van der Waals surface area contributed by atoms with Crippen LogP contribution in [0.3, 0.4) is 0 Å². The Kier molecular flexibility index (Phi) is 5.14. The molecule has 1 aromatic heterocycles. The van der Waals surface area contributed by atoms with Crippen molar-refractivity contribution >= 4 is 23.0 Å². The number of Topliss-reactive ketones (excluding diaryl/α,β-unsaturated/α-hetero) is 1. The summed E-state index contributed by atoms with van der Waals surface area (Å²) >= 11 is 1.51. The van der Waals surface area contributed by atoms with Gasteiger partial charge >= 0.3 is 0 Å². The summed E-state index contributed by atoms with van der Waals surface area (Å²) in [5.41, 5.74) is 0. The number of carbonyl (C=O) groups is 2. The van der Waals surface area contributed by atoms with E-state index in [0.29, 0.717) is 12.8 Å². The lowest BCUT2D eigenvalue weighted by Crippen LogP contribution is -2.31. The molecule has 0 radical (unpaired) electrons. The predicted molar refractivity (Wildman–Crippen MR) is 77.7 cm³/mol. The molecular formula is C15H21NO2S. The van der Waals surface area contributed by atoms with Gasteiger partial charge in [0.1, 0.15) is 0 Å². The highest BCUT2D eigenvalue weighted by molar-refractivity contribution is 7.14. The molecule has 4 heteroatoms. The molecule has 3 nitrogen and oxygen atoms in total. The van der Waals surface area contributed by atoms with Crippen LogP contribution in [0.2, 0.25) is 0 Å². The van der Waals surface area contributed by atoms with Crippen molar-refractivity contribution in [3.05, 3.63) is 21.9 Å². The zero-order chi connectivity index (χ0) is 13.7. The number of nitrogens with zero attached hydrogens (tertiary/aromatic N) is 1. The van der Waals surface area contributed by atoms with Gasteiger partial charge in [-0.2, -0.15) is 0 Å². The molecule has 1 saturated heterocycles. The van der Waals surface area contributed by atoms with E-state index in [0.717, 1.165) is 35.7 Å². The summed E-state index contributed by atoms with van der Waals surface area (Å²) in [4.78, 5) is 27.9. The SMILES string of the molecule is Cc1ccc(C(=O)CCC(=O)N2CCCCCC2)s1. The van der Waals surface area contributed by atoms with Crippen LogP contribution >= 0.6 is 11.3 Å². The number of thiophene rings is 1. The molecule has 104 valence electrons. The normalized spacial score (nSPS) is 16.2. The third kappa shape index (κ3) is 4.16. The second-order valence-corrected chi connectivity index (χ2v) is 6.42. The van der Waals surface area contributed by atoms with Crippen LogP contribution in [-0.4, -0.2) is 29.7 Å². The standard InChI is InChI=1S/C15H21NO2S/c1-12-6-8-14(19-12)13(17)7-9-15(18)16-10-4-2-3-5-11-16/h6,8H,2-5,7,9-11H2,1H3. The van der Waals surface area contributed by atoms with Gasteiger partial charge in [0, 0.05) is 30.8 Å². The minimum Gasteiger partial charge on any atom is -0.343 e. The highest BCUT2D eigenvalue weighted by atomic mass is 32.1. The Morgan fingerprint density at radius 2 is 1.79 bits per heavy atom. The van der Waals surface area contributed by atoms with Gasteiger partial charge in [0.2, 0.25) is 5.91 Å². The molecule has 0 aliphatic carbocycles. The van der Waals surface area contributed by atoms with Crippen LogP contribution in [0.5, 0.6) is 0 Å². The van der Waals surface area contributed by atoms with E-state index in [-0.39, 0.29) is 11.7 Å². The van der Waals surface area contributed by atoms with Crippen LogP contribution in [-0.2, 0) is 4.79 Å². The Hall–Kier alpha value is -1.16. The van der Waals surface area contributed by atoms with Gasteiger partial charge in [0.05, 0.1) is 4.88 Å². The third-order valence-electron chi connectivity index (χ3n) is 3.54. The summed E-state index contributed by atoms with van der Waals surface area (Å²) in [5.74, 6) is 0.241. The van der Waals surface area contributed by atoms with Gasteiger partial charge < -0.3 is 4.90 Å². The smallest absolute Gasteiger partial charge is 0.223 e. The van der Waals surface area contributed by atoms with E-state index < -0.39 is 0 Å². The predicted octanol–water partition coefficient (Wildman–Crippen LogP) is 3.42. The van der Waals surface area contributed by atoms with Crippen molar-refractivity contribution in [2.45, 2.75) is 45.4 Å². The van der Waals surface area contributed by atoms with Crippen molar-refractivity contribution in [2.24, 2.45) is 0 Å². The Bertz CT molecular complexity index is 445. The molecule has 0 bridgehead atoms. The zero-order valence-electron chi connectivity index (χ0n) is 11.5. The van der Waals surface area contributed by atoms with Crippen LogP contribution in [0.25, 0.3) is 0 Å². The fraction of sp³-hybridized carbons (Fsp3) is 0.600. The third-order valence-corrected chi connectivity index (χ3v) is 4.58. The van der Waals surface area contributed by atoms with Gasteiger partial charge in [-0.1, -0.05) is 12.8 Å². The van der Waals surface area contributed by atoms with Crippen molar-refractivity contribution in [2.75, 3.05) is 13.1 Å². The van der Waals surface area contributed by atoms with Crippen LogP contribution in [0.15, 0.2) is 12.1 Å². The number of ketones is 1. The second kappa shape index (κ2) is 6.85. The van der Waals surface area contributed by atoms with E-state index in [9.17, 15) is 9.59 Å². The lowest BCUT2D eigenvalue weighted by Gasteiger charge is -2.19. The molecule has 1 fully saturated rings. The summed E-state index contributed by atoms with van der Waals surface area (Å²) in [6.45, 7) is 3.72. The van der Waals surface area contributed by atoms with E-state index in [1.807, 2.05) is 24.0 Å². The lowest BCUT2D eigenvalue weighted by atomic mass is 10.1. The Morgan fingerprint density at radius 1 is 1.11 bits per heavy atom. The van der Waals surface area contributed by atoms with Gasteiger partial charge in [0.15, 0.2) is 5.78 Å². The van der Waals surface area contributed by atoms with Crippen LogP contribution in [0.4, 0.5) is 0 Å². The number of hydrogen-bond acceptors (Lipinski definition) is 3. The topological polar surface area (TPSA) is 37.4 Å². The number of aryl methyl sites for hydroxylation is 1. The molecule has 1 aliphatic heterocycles. The molecule has 0 unspecified atom stereocenters. The van der Waals surface area contributed by atoms with Gasteiger partial charge in [0.25, 0.3) is 0 Å². The van der Waals surface area contributed by atoms with Gasteiger partial charge in [-0.25, -0.2) is 0 Å². The van der Waals surface area contributed by atoms with Gasteiger partial charge in [-0.3, -0.25) is 9.59 Å². The van der Waals surface area contributed by atoms with E-state index in [2.05, 4.69) is 0 Å². The Morgan fingerprint density at radius 3 is 2.37 bits per heavy atom. The number of amides is 1. The molecule has 0 atom stereocenters. The van der Waals surface area contributed by atoms with Crippen LogP contribution in [0.1, 0.15) is 53.1 Å². The Labute approximate surface area is 118 Å². The monoisotopic (exact) mass is 279 g/mol. The first-order valence-corrected chi connectivity index (χ1v) is 7.86. The molecule has 0 aromatic carbocycles. The van der Waals surface area contributed by atoms with Crippen molar-refractivity contribution in [3.63, 3.8) is 0 Å². The molecule has 1 amide bonds. The highest BCUT2D eigenvalue weighted by Crippen LogP contribution is 2.18. The second-order valence-electron chi connectivity index (χ2n) is 5.13. The average Bonchev–Trinajstić information content (AvgIpc) is 2.68. The van der Waals surface area contributed by atoms with E-state index in [1.165, 1.54) is 24.2 Å². The molecule has 1 aromatic rings. The molecule has 1 aliphatic rings. The molecule has 0 spiro atoms.